The second-order valence-electron chi connectivity index (χ2n) is 6.95. The first-order chi connectivity index (χ1) is 9.78. The van der Waals surface area contributed by atoms with Gasteiger partial charge in [-0.3, -0.25) is 0 Å². The van der Waals surface area contributed by atoms with Crippen LogP contribution in [-0.2, 0) is 4.43 Å². The summed E-state index contributed by atoms with van der Waals surface area (Å²) in [5.74, 6) is 1.58. The van der Waals surface area contributed by atoms with Crippen LogP contribution in [0.4, 0.5) is 0 Å². The first-order valence-corrected chi connectivity index (χ1v) is 11.3. The van der Waals surface area contributed by atoms with E-state index in [0.29, 0.717) is 5.92 Å². The van der Waals surface area contributed by atoms with Gasteiger partial charge in [0.2, 0.25) is 8.32 Å². The maximum absolute atomic E-state index is 6.31. The van der Waals surface area contributed by atoms with E-state index in [0.717, 1.165) is 18.6 Å². The molecule has 1 unspecified atom stereocenters. The molecule has 0 amide bonds. The molecule has 0 aliphatic heterocycles. The van der Waals surface area contributed by atoms with Gasteiger partial charge in [0.25, 0.3) is 0 Å². The lowest BCUT2D eigenvalue weighted by Gasteiger charge is -2.23. The normalized spacial score (nSPS) is 13.7. The molecule has 1 rings (SSSR count). The Hall–Kier alpha value is -1.28. The molecular weight excluding hydrogens is 272 g/mol. The van der Waals surface area contributed by atoms with Crippen LogP contribution < -0.4 is 0 Å². The van der Waals surface area contributed by atoms with Gasteiger partial charge in [-0.2, -0.15) is 0 Å². The molecular formula is C19H30OSi. The van der Waals surface area contributed by atoms with Crippen molar-refractivity contribution in [1.29, 1.82) is 0 Å². The van der Waals surface area contributed by atoms with Crippen LogP contribution in [0.5, 0.6) is 0 Å². The van der Waals surface area contributed by atoms with Crippen molar-refractivity contribution in [2.24, 2.45) is 5.92 Å². The highest BCUT2D eigenvalue weighted by atomic mass is 28.4. The predicted molar refractivity (Wildman–Crippen MR) is 96.7 cm³/mol. The Kier molecular flexibility index (Phi) is 6.96. The summed E-state index contributed by atoms with van der Waals surface area (Å²) in [7, 11) is -1.60. The van der Waals surface area contributed by atoms with E-state index in [4.69, 9.17) is 4.43 Å². The quantitative estimate of drug-likeness (QED) is 0.328. The fourth-order valence-corrected chi connectivity index (χ4v) is 2.94. The van der Waals surface area contributed by atoms with Gasteiger partial charge in [0.1, 0.15) is 5.76 Å². The van der Waals surface area contributed by atoms with E-state index in [1.807, 2.05) is 6.07 Å². The zero-order valence-corrected chi connectivity index (χ0v) is 15.4. The molecule has 1 aromatic carbocycles. The molecule has 1 nitrogen and oxygen atoms in total. The molecule has 0 bridgehead atoms. The van der Waals surface area contributed by atoms with Crippen LogP contribution in [-0.4, -0.2) is 8.32 Å². The summed E-state index contributed by atoms with van der Waals surface area (Å²) >= 11 is 0. The molecule has 0 aliphatic rings. The Bertz CT molecular complexity index is 476. The standard InChI is InChI=1S/C19H30OSi/c1-16(2)11-10-12-17(3)15-19(20-21(4,5)6)18-13-8-7-9-14-18/h7-9,11,13-15,17H,10,12H2,1-6H3/b19-15-. The van der Waals surface area contributed by atoms with Gasteiger partial charge >= 0.3 is 0 Å². The molecule has 2 heteroatoms. The van der Waals surface area contributed by atoms with Gasteiger partial charge in [0.05, 0.1) is 0 Å². The minimum absolute atomic E-state index is 0.521. The molecule has 0 aromatic heterocycles. The van der Waals surface area contributed by atoms with E-state index in [1.165, 1.54) is 11.1 Å². The van der Waals surface area contributed by atoms with Gasteiger partial charge in [-0.15, -0.1) is 0 Å². The van der Waals surface area contributed by atoms with Crippen LogP contribution in [0.15, 0.2) is 48.1 Å². The number of allylic oxidation sites excluding steroid dienone is 3. The second-order valence-corrected chi connectivity index (χ2v) is 11.4. The molecule has 116 valence electrons. The average molecular weight is 303 g/mol. The summed E-state index contributed by atoms with van der Waals surface area (Å²) < 4.78 is 6.31. The van der Waals surface area contributed by atoms with Gasteiger partial charge in [0.15, 0.2) is 0 Å². The Morgan fingerprint density at radius 1 is 1.14 bits per heavy atom. The number of hydrogen-bond donors (Lipinski definition) is 0. The van der Waals surface area contributed by atoms with Gasteiger partial charge < -0.3 is 4.43 Å². The third kappa shape index (κ3) is 7.91. The van der Waals surface area contributed by atoms with E-state index in [1.54, 1.807) is 0 Å². The third-order valence-electron chi connectivity index (χ3n) is 3.08. The summed E-state index contributed by atoms with van der Waals surface area (Å²) in [5.41, 5.74) is 2.59. The van der Waals surface area contributed by atoms with Crippen molar-refractivity contribution in [2.75, 3.05) is 0 Å². The van der Waals surface area contributed by atoms with Gasteiger partial charge in [-0.1, -0.05) is 48.9 Å². The summed E-state index contributed by atoms with van der Waals surface area (Å²) in [4.78, 5) is 0. The Balaban J connectivity index is 2.85. The van der Waals surface area contributed by atoms with Crippen LogP contribution in [0.25, 0.3) is 5.76 Å². The summed E-state index contributed by atoms with van der Waals surface area (Å²) in [6, 6.07) is 10.5. The molecule has 0 fully saturated rings. The van der Waals surface area contributed by atoms with E-state index in [9.17, 15) is 0 Å². The predicted octanol–water partition coefficient (Wildman–Crippen LogP) is 6.26. The maximum Gasteiger partial charge on any atom is 0.242 e. The topological polar surface area (TPSA) is 9.23 Å². The molecule has 0 radical (unpaired) electrons. The highest BCUT2D eigenvalue weighted by Crippen LogP contribution is 2.24. The lowest BCUT2D eigenvalue weighted by molar-refractivity contribution is 0.504. The molecule has 0 saturated carbocycles. The maximum atomic E-state index is 6.31. The largest absolute Gasteiger partial charge is 0.544 e. The van der Waals surface area contributed by atoms with Crippen molar-refractivity contribution < 1.29 is 4.43 Å². The third-order valence-corrected chi connectivity index (χ3v) is 3.92. The van der Waals surface area contributed by atoms with E-state index in [-0.39, 0.29) is 0 Å². The fraction of sp³-hybridized carbons (Fsp3) is 0.474. The number of benzene rings is 1. The molecule has 0 aliphatic carbocycles. The van der Waals surface area contributed by atoms with E-state index in [2.05, 4.69) is 76.8 Å². The molecule has 0 heterocycles. The first-order valence-electron chi connectivity index (χ1n) is 7.87. The van der Waals surface area contributed by atoms with Crippen molar-refractivity contribution in [2.45, 2.75) is 53.3 Å². The SMILES string of the molecule is CC(C)=CCCC(C)/C=C(\O[Si](C)(C)C)c1ccccc1. The smallest absolute Gasteiger partial charge is 0.242 e. The summed E-state index contributed by atoms with van der Waals surface area (Å²) in [6.45, 7) is 13.3. The lowest BCUT2D eigenvalue weighted by Crippen LogP contribution is -2.24. The van der Waals surface area contributed by atoms with E-state index < -0.39 is 8.32 Å². The highest BCUT2D eigenvalue weighted by molar-refractivity contribution is 6.70. The second kappa shape index (κ2) is 8.23. The first kappa shape index (κ1) is 17.8. The van der Waals surface area contributed by atoms with Crippen LogP contribution in [0.3, 0.4) is 0 Å². The van der Waals surface area contributed by atoms with Crippen molar-refractivity contribution >= 4 is 14.1 Å². The lowest BCUT2D eigenvalue weighted by atomic mass is 10.0. The van der Waals surface area contributed by atoms with E-state index >= 15 is 0 Å². The number of rotatable bonds is 7. The monoisotopic (exact) mass is 302 g/mol. The van der Waals surface area contributed by atoms with Crippen molar-refractivity contribution in [3.8, 4) is 0 Å². The summed E-state index contributed by atoms with van der Waals surface area (Å²) in [6.07, 6.45) is 6.91. The zero-order valence-electron chi connectivity index (χ0n) is 14.4. The summed E-state index contributed by atoms with van der Waals surface area (Å²) in [5, 5.41) is 0. The zero-order chi connectivity index (χ0) is 15.9. The average Bonchev–Trinajstić information content (AvgIpc) is 2.37. The molecule has 0 spiro atoms. The Morgan fingerprint density at radius 2 is 1.76 bits per heavy atom. The van der Waals surface area contributed by atoms with Crippen molar-refractivity contribution in [3.63, 3.8) is 0 Å². The van der Waals surface area contributed by atoms with Gasteiger partial charge in [-0.25, -0.2) is 0 Å². The van der Waals surface area contributed by atoms with Crippen molar-refractivity contribution in [1.82, 2.24) is 0 Å². The molecule has 0 N–H and O–H groups in total. The van der Waals surface area contributed by atoms with Crippen LogP contribution in [0.1, 0.15) is 39.2 Å². The molecule has 1 atom stereocenters. The minimum atomic E-state index is -1.60. The molecule has 1 aromatic rings. The number of hydrogen-bond acceptors (Lipinski definition) is 1. The van der Waals surface area contributed by atoms with Crippen LogP contribution >= 0.6 is 0 Å². The van der Waals surface area contributed by atoms with Crippen LogP contribution in [0, 0.1) is 5.92 Å². The van der Waals surface area contributed by atoms with Gasteiger partial charge in [0, 0.05) is 5.56 Å². The highest BCUT2D eigenvalue weighted by Gasteiger charge is 2.19. The molecule has 0 saturated heterocycles. The van der Waals surface area contributed by atoms with Crippen LogP contribution in [0.2, 0.25) is 19.6 Å². The molecule has 21 heavy (non-hydrogen) atoms. The minimum Gasteiger partial charge on any atom is -0.544 e. The Morgan fingerprint density at radius 3 is 2.29 bits per heavy atom. The fourth-order valence-electron chi connectivity index (χ4n) is 2.10. The Labute approximate surface area is 131 Å². The van der Waals surface area contributed by atoms with Crippen molar-refractivity contribution in [3.05, 3.63) is 53.6 Å². The van der Waals surface area contributed by atoms with Gasteiger partial charge in [-0.05, 0) is 58.3 Å².